The maximum absolute atomic E-state index is 11.5. The zero-order chi connectivity index (χ0) is 11.3. The van der Waals surface area contributed by atoms with E-state index < -0.39 is 0 Å². The van der Waals surface area contributed by atoms with Gasteiger partial charge in [-0.15, -0.1) is 0 Å². The SMILES string of the molecule is CCOC1CC(CC(=O)NC(C)CN)C1. The number of ether oxygens (including phenoxy) is 1. The molecule has 0 aromatic heterocycles. The number of rotatable bonds is 6. The molecule has 0 saturated heterocycles. The Hall–Kier alpha value is -0.610. The van der Waals surface area contributed by atoms with Crippen LogP contribution in [0.25, 0.3) is 0 Å². The molecule has 1 rings (SSSR count). The van der Waals surface area contributed by atoms with Crippen molar-refractivity contribution in [3.63, 3.8) is 0 Å². The van der Waals surface area contributed by atoms with Crippen LogP contribution >= 0.6 is 0 Å². The smallest absolute Gasteiger partial charge is 0.220 e. The Morgan fingerprint density at radius 1 is 1.60 bits per heavy atom. The second-order valence-corrected chi connectivity index (χ2v) is 4.32. The summed E-state index contributed by atoms with van der Waals surface area (Å²) in [6.07, 6.45) is 3.06. The number of nitrogens with one attached hydrogen (secondary N) is 1. The van der Waals surface area contributed by atoms with Gasteiger partial charge in [-0.25, -0.2) is 0 Å². The zero-order valence-electron chi connectivity index (χ0n) is 9.66. The van der Waals surface area contributed by atoms with Gasteiger partial charge in [0.1, 0.15) is 0 Å². The van der Waals surface area contributed by atoms with E-state index in [1.54, 1.807) is 0 Å². The van der Waals surface area contributed by atoms with Crippen molar-refractivity contribution < 1.29 is 9.53 Å². The number of hydrogen-bond acceptors (Lipinski definition) is 3. The average Bonchev–Trinajstić information content (AvgIpc) is 2.14. The van der Waals surface area contributed by atoms with E-state index in [4.69, 9.17) is 10.5 Å². The van der Waals surface area contributed by atoms with E-state index in [0.717, 1.165) is 19.4 Å². The van der Waals surface area contributed by atoms with Crippen LogP contribution in [0.4, 0.5) is 0 Å². The summed E-state index contributed by atoms with van der Waals surface area (Å²) in [5.74, 6) is 0.624. The van der Waals surface area contributed by atoms with Crippen molar-refractivity contribution in [3.05, 3.63) is 0 Å². The summed E-state index contributed by atoms with van der Waals surface area (Å²) in [4.78, 5) is 11.5. The fourth-order valence-electron chi connectivity index (χ4n) is 1.87. The minimum Gasteiger partial charge on any atom is -0.378 e. The molecule has 1 atom stereocenters. The van der Waals surface area contributed by atoms with Gasteiger partial charge in [0, 0.05) is 25.6 Å². The fourth-order valence-corrected chi connectivity index (χ4v) is 1.87. The number of nitrogens with two attached hydrogens (primary N) is 1. The molecule has 0 radical (unpaired) electrons. The molecule has 4 nitrogen and oxygen atoms in total. The Bertz CT molecular complexity index is 203. The van der Waals surface area contributed by atoms with Crippen LogP contribution in [0, 0.1) is 5.92 Å². The summed E-state index contributed by atoms with van der Waals surface area (Å²) >= 11 is 0. The molecule has 1 saturated carbocycles. The molecule has 0 aliphatic heterocycles. The van der Waals surface area contributed by atoms with Gasteiger partial charge in [0.15, 0.2) is 0 Å². The van der Waals surface area contributed by atoms with Crippen molar-refractivity contribution in [2.24, 2.45) is 11.7 Å². The number of carbonyl (C=O) groups excluding carboxylic acids is 1. The zero-order valence-corrected chi connectivity index (χ0v) is 9.66. The van der Waals surface area contributed by atoms with Crippen LogP contribution < -0.4 is 11.1 Å². The van der Waals surface area contributed by atoms with Crippen molar-refractivity contribution >= 4 is 5.91 Å². The van der Waals surface area contributed by atoms with Crippen LogP contribution in [0.15, 0.2) is 0 Å². The van der Waals surface area contributed by atoms with Crippen molar-refractivity contribution in [2.45, 2.75) is 45.3 Å². The van der Waals surface area contributed by atoms with E-state index in [9.17, 15) is 4.79 Å². The third-order valence-corrected chi connectivity index (χ3v) is 2.83. The molecule has 1 unspecified atom stereocenters. The van der Waals surface area contributed by atoms with Crippen LogP contribution in [0.5, 0.6) is 0 Å². The molecule has 15 heavy (non-hydrogen) atoms. The summed E-state index contributed by atoms with van der Waals surface area (Å²) in [7, 11) is 0. The lowest BCUT2D eigenvalue weighted by molar-refractivity contribution is -0.124. The normalized spacial score (nSPS) is 26.9. The molecule has 1 amide bonds. The van der Waals surface area contributed by atoms with Gasteiger partial charge in [-0.05, 0) is 32.6 Å². The van der Waals surface area contributed by atoms with Gasteiger partial charge in [0.05, 0.1) is 6.10 Å². The first-order chi connectivity index (χ1) is 7.15. The van der Waals surface area contributed by atoms with Crippen LogP contribution in [-0.2, 0) is 9.53 Å². The van der Waals surface area contributed by atoms with E-state index in [1.807, 2.05) is 13.8 Å². The molecular formula is C11H22N2O2. The van der Waals surface area contributed by atoms with Gasteiger partial charge < -0.3 is 15.8 Å². The quantitative estimate of drug-likeness (QED) is 0.682. The third kappa shape index (κ3) is 4.18. The monoisotopic (exact) mass is 214 g/mol. The molecule has 1 fully saturated rings. The van der Waals surface area contributed by atoms with Gasteiger partial charge in [-0.3, -0.25) is 4.79 Å². The highest BCUT2D eigenvalue weighted by Gasteiger charge is 2.31. The van der Waals surface area contributed by atoms with Gasteiger partial charge in [-0.1, -0.05) is 0 Å². The molecule has 4 heteroatoms. The van der Waals surface area contributed by atoms with Gasteiger partial charge >= 0.3 is 0 Å². The van der Waals surface area contributed by atoms with Crippen molar-refractivity contribution in [3.8, 4) is 0 Å². The molecule has 0 aromatic rings. The highest BCUT2D eigenvalue weighted by molar-refractivity contribution is 5.76. The summed E-state index contributed by atoms with van der Waals surface area (Å²) in [6, 6.07) is 0.0836. The highest BCUT2D eigenvalue weighted by Crippen LogP contribution is 2.32. The van der Waals surface area contributed by atoms with Gasteiger partial charge in [-0.2, -0.15) is 0 Å². The minimum absolute atomic E-state index is 0.0836. The molecule has 1 aliphatic rings. The fraction of sp³-hybridized carbons (Fsp3) is 0.909. The van der Waals surface area contributed by atoms with Crippen molar-refractivity contribution in [2.75, 3.05) is 13.2 Å². The maximum atomic E-state index is 11.5. The largest absolute Gasteiger partial charge is 0.378 e. The molecule has 0 aromatic carbocycles. The lowest BCUT2D eigenvalue weighted by atomic mass is 9.80. The summed E-state index contributed by atoms with van der Waals surface area (Å²) in [5, 5.41) is 2.87. The Balaban J connectivity index is 2.08. The third-order valence-electron chi connectivity index (χ3n) is 2.83. The number of hydrogen-bond donors (Lipinski definition) is 2. The molecular weight excluding hydrogens is 192 g/mol. The molecule has 0 bridgehead atoms. The molecule has 0 spiro atoms. The van der Waals surface area contributed by atoms with E-state index >= 15 is 0 Å². The number of amides is 1. The van der Waals surface area contributed by atoms with E-state index in [0.29, 0.717) is 25.0 Å². The minimum atomic E-state index is 0.0836. The summed E-state index contributed by atoms with van der Waals surface area (Å²) in [6.45, 7) is 5.19. The molecule has 0 heterocycles. The first kappa shape index (κ1) is 12.5. The first-order valence-electron chi connectivity index (χ1n) is 5.76. The van der Waals surface area contributed by atoms with Crippen LogP contribution in [0.2, 0.25) is 0 Å². The maximum Gasteiger partial charge on any atom is 0.220 e. The molecule has 1 aliphatic carbocycles. The summed E-state index contributed by atoms with van der Waals surface area (Å²) in [5.41, 5.74) is 5.42. The predicted octanol–water partition coefficient (Wildman–Crippen LogP) is 0.655. The standard InChI is InChI=1S/C11H22N2O2/c1-3-15-10-4-9(5-10)6-11(14)13-8(2)7-12/h8-10H,3-7,12H2,1-2H3,(H,13,14). The molecule has 3 N–H and O–H groups in total. The van der Waals surface area contributed by atoms with Gasteiger partial charge in [0.2, 0.25) is 5.91 Å². The van der Waals surface area contributed by atoms with E-state index in [-0.39, 0.29) is 11.9 Å². The highest BCUT2D eigenvalue weighted by atomic mass is 16.5. The Labute approximate surface area is 91.5 Å². The molecule has 88 valence electrons. The number of carbonyl (C=O) groups is 1. The van der Waals surface area contributed by atoms with Crippen LogP contribution in [0.1, 0.15) is 33.1 Å². The lowest BCUT2D eigenvalue weighted by Gasteiger charge is -2.34. The second kappa shape index (κ2) is 6.08. The first-order valence-corrected chi connectivity index (χ1v) is 5.76. The lowest BCUT2D eigenvalue weighted by Crippen LogP contribution is -2.41. The van der Waals surface area contributed by atoms with Crippen LogP contribution in [0.3, 0.4) is 0 Å². The Kier molecular flexibility index (Phi) is 5.05. The second-order valence-electron chi connectivity index (χ2n) is 4.32. The van der Waals surface area contributed by atoms with E-state index in [1.165, 1.54) is 0 Å². The average molecular weight is 214 g/mol. The predicted molar refractivity (Wildman–Crippen MR) is 59.4 cm³/mol. The Morgan fingerprint density at radius 2 is 2.27 bits per heavy atom. The topological polar surface area (TPSA) is 64.3 Å². The van der Waals surface area contributed by atoms with Gasteiger partial charge in [0.25, 0.3) is 0 Å². The van der Waals surface area contributed by atoms with Crippen molar-refractivity contribution in [1.29, 1.82) is 0 Å². The van der Waals surface area contributed by atoms with E-state index in [2.05, 4.69) is 5.32 Å². The Morgan fingerprint density at radius 3 is 2.80 bits per heavy atom. The van der Waals surface area contributed by atoms with Crippen LogP contribution in [-0.4, -0.2) is 31.2 Å². The summed E-state index contributed by atoms with van der Waals surface area (Å²) < 4.78 is 5.44. The van der Waals surface area contributed by atoms with Crippen molar-refractivity contribution in [1.82, 2.24) is 5.32 Å².